The minimum absolute atomic E-state index is 0.589. The molecule has 0 aromatic carbocycles. The van der Waals surface area contributed by atoms with Crippen molar-refractivity contribution in [3.8, 4) is 0 Å². The van der Waals surface area contributed by atoms with E-state index in [-0.39, 0.29) is 0 Å². The average Bonchev–Trinajstić information content (AvgIpc) is 2.71. The van der Waals surface area contributed by atoms with Crippen molar-refractivity contribution in [2.24, 2.45) is 0 Å². The van der Waals surface area contributed by atoms with E-state index in [9.17, 15) is 0 Å². The van der Waals surface area contributed by atoms with E-state index in [0.717, 1.165) is 12.5 Å². The van der Waals surface area contributed by atoms with Crippen LogP contribution in [-0.4, -0.2) is 26.6 Å². The van der Waals surface area contributed by atoms with Crippen molar-refractivity contribution in [3.63, 3.8) is 0 Å². The maximum atomic E-state index is 4.36. The Kier molecular flexibility index (Phi) is 3.49. The van der Waals surface area contributed by atoms with Crippen LogP contribution in [0.3, 0.4) is 0 Å². The number of nitrogens with one attached hydrogen (secondary N) is 1. The second kappa shape index (κ2) is 4.87. The summed E-state index contributed by atoms with van der Waals surface area (Å²) in [5.74, 6) is 0.961. The quantitative estimate of drug-likeness (QED) is 0.853. The first-order chi connectivity index (χ1) is 7.72. The van der Waals surface area contributed by atoms with E-state index in [2.05, 4.69) is 40.8 Å². The van der Waals surface area contributed by atoms with Crippen LogP contribution in [0.2, 0.25) is 0 Å². The SMILES string of the molecule is CCn1ccnc1NN1C(C)CCCC1C. The van der Waals surface area contributed by atoms with Gasteiger partial charge in [-0.2, -0.15) is 0 Å². The van der Waals surface area contributed by atoms with Crippen molar-refractivity contribution in [2.75, 3.05) is 5.43 Å². The maximum Gasteiger partial charge on any atom is 0.217 e. The normalized spacial score (nSPS) is 26.9. The van der Waals surface area contributed by atoms with Crippen molar-refractivity contribution < 1.29 is 0 Å². The lowest BCUT2D eigenvalue weighted by molar-refractivity contribution is 0.134. The van der Waals surface area contributed by atoms with Crippen LogP contribution in [0, 0.1) is 0 Å². The maximum absolute atomic E-state index is 4.36. The summed E-state index contributed by atoms with van der Waals surface area (Å²) >= 11 is 0. The van der Waals surface area contributed by atoms with Gasteiger partial charge in [0.15, 0.2) is 0 Å². The van der Waals surface area contributed by atoms with Crippen molar-refractivity contribution in [3.05, 3.63) is 12.4 Å². The highest BCUT2D eigenvalue weighted by Crippen LogP contribution is 2.22. The summed E-state index contributed by atoms with van der Waals surface area (Å²) in [7, 11) is 0. The Morgan fingerprint density at radius 3 is 2.69 bits per heavy atom. The molecule has 4 heteroatoms. The van der Waals surface area contributed by atoms with E-state index in [4.69, 9.17) is 0 Å². The third kappa shape index (κ3) is 2.21. The largest absolute Gasteiger partial charge is 0.317 e. The van der Waals surface area contributed by atoms with Gasteiger partial charge in [0.25, 0.3) is 0 Å². The summed E-state index contributed by atoms with van der Waals surface area (Å²) in [6.45, 7) is 7.65. The molecule has 1 saturated heterocycles. The Labute approximate surface area is 97.6 Å². The molecule has 4 nitrogen and oxygen atoms in total. The number of aromatic nitrogens is 2. The Bertz CT molecular complexity index is 324. The standard InChI is InChI=1S/C12H22N4/c1-4-15-9-8-13-12(15)14-16-10(2)6-5-7-11(16)3/h8-11H,4-7H2,1-3H3,(H,13,14). The highest BCUT2D eigenvalue weighted by molar-refractivity contribution is 5.24. The fourth-order valence-electron chi connectivity index (χ4n) is 2.43. The van der Waals surface area contributed by atoms with E-state index < -0.39 is 0 Å². The molecule has 2 rings (SSSR count). The van der Waals surface area contributed by atoms with Crippen LogP contribution in [0.1, 0.15) is 40.0 Å². The first-order valence-corrected chi connectivity index (χ1v) is 6.28. The zero-order valence-corrected chi connectivity index (χ0v) is 10.5. The fraction of sp³-hybridized carbons (Fsp3) is 0.750. The van der Waals surface area contributed by atoms with Gasteiger partial charge in [-0.3, -0.25) is 5.43 Å². The first kappa shape index (κ1) is 11.5. The van der Waals surface area contributed by atoms with Crippen LogP contribution >= 0.6 is 0 Å². The zero-order valence-electron chi connectivity index (χ0n) is 10.5. The molecule has 90 valence electrons. The molecule has 0 amide bonds. The monoisotopic (exact) mass is 222 g/mol. The number of hydrogen-bond acceptors (Lipinski definition) is 3. The van der Waals surface area contributed by atoms with Gasteiger partial charge in [0.05, 0.1) is 0 Å². The van der Waals surface area contributed by atoms with Crippen LogP contribution < -0.4 is 5.43 Å². The van der Waals surface area contributed by atoms with Gasteiger partial charge >= 0.3 is 0 Å². The summed E-state index contributed by atoms with van der Waals surface area (Å²) < 4.78 is 2.13. The van der Waals surface area contributed by atoms with E-state index in [0.29, 0.717) is 12.1 Å². The number of hydrazine groups is 1. The van der Waals surface area contributed by atoms with Crippen LogP contribution in [0.25, 0.3) is 0 Å². The Morgan fingerprint density at radius 1 is 1.38 bits per heavy atom. The zero-order chi connectivity index (χ0) is 11.5. The van der Waals surface area contributed by atoms with Gasteiger partial charge in [0.1, 0.15) is 0 Å². The smallest absolute Gasteiger partial charge is 0.217 e. The Balaban J connectivity index is 2.07. The number of nitrogens with zero attached hydrogens (tertiary/aromatic N) is 3. The molecule has 2 unspecified atom stereocenters. The highest BCUT2D eigenvalue weighted by atomic mass is 15.6. The topological polar surface area (TPSA) is 33.1 Å². The summed E-state index contributed by atoms with van der Waals surface area (Å²) in [5.41, 5.74) is 3.47. The van der Waals surface area contributed by atoms with Gasteiger partial charge in [0, 0.05) is 31.0 Å². The lowest BCUT2D eigenvalue weighted by Gasteiger charge is -2.39. The van der Waals surface area contributed by atoms with Crippen LogP contribution in [0.5, 0.6) is 0 Å². The molecule has 0 spiro atoms. The van der Waals surface area contributed by atoms with E-state index in [1.54, 1.807) is 0 Å². The summed E-state index contributed by atoms with van der Waals surface area (Å²) in [6, 6.07) is 1.18. The third-order valence-corrected chi connectivity index (χ3v) is 3.48. The molecular formula is C12H22N4. The summed E-state index contributed by atoms with van der Waals surface area (Å²) in [4.78, 5) is 4.36. The van der Waals surface area contributed by atoms with Gasteiger partial charge in [-0.15, -0.1) is 0 Å². The molecule has 2 atom stereocenters. The van der Waals surface area contributed by atoms with E-state index in [1.807, 2.05) is 12.4 Å². The fourth-order valence-corrected chi connectivity index (χ4v) is 2.43. The number of hydrogen-bond donors (Lipinski definition) is 1. The molecule has 0 radical (unpaired) electrons. The predicted octanol–water partition coefficient (Wildman–Crippen LogP) is 2.49. The molecule has 0 aliphatic carbocycles. The highest BCUT2D eigenvalue weighted by Gasteiger charge is 2.25. The number of piperidine rings is 1. The molecule has 1 N–H and O–H groups in total. The van der Waals surface area contributed by atoms with Gasteiger partial charge in [0.2, 0.25) is 5.95 Å². The van der Waals surface area contributed by atoms with Crippen molar-refractivity contribution in [2.45, 2.75) is 58.7 Å². The molecule has 1 aliphatic rings. The lowest BCUT2D eigenvalue weighted by Crippen LogP contribution is -2.47. The first-order valence-electron chi connectivity index (χ1n) is 6.28. The van der Waals surface area contributed by atoms with E-state index >= 15 is 0 Å². The molecule has 0 saturated carbocycles. The molecule has 1 aliphatic heterocycles. The third-order valence-electron chi connectivity index (χ3n) is 3.48. The van der Waals surface area contributed by atoms with E-state index in [1.165, 1.54) is 19.3 Å². The molecule has 0 bridgehead atoms. The molecule has 2 heterocycles. The number of aryl methyl sites for hydroxylation is 1. The van der Waals surface area contributed by atoms with Crippen LogP contribution in [0.4, 0.5) is 5.95 Å². The number of imidazole rings is 1. The molecule has 1 aromatic rings. The predicted molar refractivity (Wildman–Crippen MR) is 66.1 cm³/mol. The van der Waals surface area contributed by atoms with Crippen LogP contribution in [0.15, 0.2) is 12.4 Å². The second-order valence-corrected chi connectivity index (χ2v) is 4.68. The average molecular weight is 222 g/mol. The Hall–Kier alpha value is -1.03. The molecule has 1 aromatic heterocycles. The lowest BCUT2D eigenvalue weighted by atomic mass is 10.00. The second-order valence-electron chi connectivity index (χ2n) is 4.68. The molecule has 16 heavy (non-hydrogen) atoms. The van der Waals surface area contributed by atoms with Crippen LogP contribution in [-0.2, 0) is 6.54 Å². The number of rotatable bonds is 3. The van der Waals surface area contributed by atoms with Gasteiger partial charge < -0.3 is 4.57 Å². The minimum atomic E-state index is 0.589. The Morgan fingerprint density at radius 2 is 2.06 bits per heavy atom. The van der Waals surface area contributed by atoms with Crippen molar-refractivity contribution in [1.29, 1.82) is 0 Å². The van der Waals surface area contributed by atoms with Crippen molar-refractivity contribution in [1.82, 2.24) is 14.6 Å². The van der Waals surface area contributed by atoms with Crippen molar-refractivity contribution >= 4 is 5.95 Å². The number of anilines is 1. The summed E-state index contributed by atoms with van der Waals surface area (Å²) in [6.07, 6.45) is 7.74. The summed E-state index contributed by atoms with van der Waals surface area (Å²) in [5, 5.41) is 2.35. The van der Waals surface area contributed by atoms with Gasteiger partial charge in [-0.1, -0.05) is 6.42 Å². The molecule has 1 fully saturated rings. The molecular weight excluding hydrogens is 200 g/mol. The minimum Gasteiger partial charge on any atom is -0.317 e. The van der Waals surface area contributed by atoms with Gasteiger partial charge in [-0.25, -0.2) is 9.99 Å². The van der Waals surface area contributed by atoms with Gasteiger partial charge in [-0.05, 0) is 33.6 Å².